The highest BCUT2D eigenvalue weighted by molar-refractivity contribution is 5.68. The molecule has 2 rings (SSSR count). The molecule has 1 heterocycles. The summed E-state index contributed by atoms with van der Waals surface area (Å²) in [5.74, 6) is 1.33. The van der Waals surface area contributed by atoms with Crippen molar-refractivity contribution >= 4 is 17.3 Å². The Morgan fingerprint density at radius 2 is 2.12 bits per heavy atom. The fourth-order valence-electron chi connectivity index (χ4n) is 1.54. The van der Waals surface area contributed by atoms with Crippen molar-refractivity contribution in [2.45, 2.75) is 6.92 Å². The molecule has 0 amide bonds. The summed E-state index contributed by atoms with van der Waals surface area (Å²) in [7, 11) is 1.54. The number of nitrogens with two attached hydrogens (primary N) is 1. The van der Waals surface area contributed by atoms with Gasteiger partial charge in [-0.1, -0.05) is 12.1 Å². The minimum absolute atomic E-state index is 0.317. The van der Waals surface area contributed by atoms with Crippen LogP contribution in [0.3, 0.4) is 0 Å². The van der Waals surface area contributed by atoms with Crippen LogP contribution in [0, 0.1) is 6.92 Å². The molecule has 0 spiro atoms. The van der Waals surface area contributed by atoms with E-state index >= 15 is 0 Å². The number of ether oxygens (including phenoxy) is 1. The first kappa shape index (κ1) is 11.2. The van der Waals surface area contributed by atoms with Crippen molar-refractivity contribution in [2.75, 3.05) is 18.2 Å². The van der Waals surface area contributed by atoms with Crippen LogP contribution in [0.2, 0.25) is 0 Å². The molecular weight excluding hydrogens is 216 g/mol. The van der Waals surface area contributed by atoms with Crippen molar-refractivity contribution in [2.24, 2.45) is 0 Å². The molecule has 3 N–H and O–H groups in total. The van der Waals surface area contributed by atoms with Crippen LogP contribution in [0.5, 0.6) is 5.75 Å². The average molecular weight is 230 g/mol. The van der Waals surface area contributed by atoms with E-state index in [1.165, 1.54) is 13.4 Å². The van der Waals surface area contributed by atoms with Gasteiger partial charge in [0, 0.05) is 5.69 Å². The summed E-state index contributed by atoms with van der Waals surface area (Å²) in [6.07, 6.45) is 1.40. The van der Waals surface area contributed by atoms with Crippen LogP contribution in [-0.2, 0) is 0 Å². The van der Waals surface area contributed by atoms with Gasteiger partial charge in [0.15, 0.2) is 11.6 Å². The van der Waals surface area contributed by atoms with E-state index in [1.807, 2.05) is 31.2 Å². The number of anilines is 3. The number of aryl methyl sites for hydroxylation is 1. The molecule has 88 valence electrons. The van der Waals surface area contributed by atoms with Crippen molar-refractivity contribution in [1.82, 2.24) is 9.97 Å². The Morgan fingerprint density at radius 3 is 2.82 bits per heavy atom. The van der Waals surface area contributed by atoms with E-state index in [-0.39, 0.29) is 0 Å². The Balaban J connectivity index is 2.33. The molecule has 0 aliphatic carbocycles. The lowest BCUT2D eigenvalue weighted by molar-refractivity contribution is 0.415. The van der Waals surface area contributed by atoms with Crippen LogP contribution in [0.15, 0.2) is 30.6 Å². The fourth-order valence-corrected chi connectivity index (χ4v) is 1.54. The largest absolute Gasteiger partial charge is 0.490 e. The van der Waals surface area contributed by atoms with Crippen molar-refractivity contribution in [3.05, 3.63) is 36.2 Å². The number of aromatic nitrogens is 2. The van der Waals surface area contributed by atoms with E-state index in [4.69, 9.17) is 10.5 Å². The Hall–Kier alpha value is -2.30. The number of benzene rings is 1. The van der Waals surface area contributed by atoms with Crippen LogP contribution in [0.25, 0.3) is 0 Å². The highest BCUT2D eigenvalue weighted by Crippen LogP contribution is 2.29. The van der Waals surface area contributed by atoms with E-state index in [0.29, 0.717) is 17.4 Å². The SMILES string of the molecule is COc1c(N)ncnc1Nc1cccc(C)c1. The van der Waals surface area contributed by atoms with Crippen LogP contribution in [0.4, 0.5) is 17.3 Å². The zero-order valence-corrected chi connectivity index (χ0v) is 9.77. The second kappa shape index (κ2) is 4.69. The van der Waals surface area contributed by atoms with E-state index in [0.717, 1.165) is 11.3 Å². The third-order valence-electron chi connectivity index (χ3n) is 2.32. The summed E-state index contributed by atoms with van der Waals surface area (Å²) in [6.45, 7) is 2.02. The lowest BCUT2D eigenvalue weighted by atomic mass is 10.2. The van der Waals surface area contributed by atoms with E-state index in [9.17, 15) is 0 Å². The number of hydrogen-bond acceptors (Lipinski definition) is 5. The molecule has 0 fully saturated rings. The minimum atomic E-state index is 0.317. The van der Waals surface area contributed by atoms with Gasteiger partial charge in [-0.25, -0.2) is 9.97 Å². The van der Waals surface area contributed by atoms with Gasteiger partial charge in [0.25, 0.3) is 0 Å². The Morgan fingerprint density at radius 1 is 1.29 bits per heavy atom. The maximum atomic E-state index is 5.70. The Labute approximate surface area is 99.7 Å². The average Bonchev–Trinajstić information content (AvgIpc) is 2.29. The molecule has 1 aromatic heterocycles. The molecule has 5 nitrogen and oxygen atoms in total. The summed E-state index contributed by atoms with van der Waals surface area (Å²) >= 11 is 0. The first-order valence-corrected chi connectivity index (χ1v) is 5.19. The smallest absolute Gasteiger partial charge is 0.204 e. The molecule has 0 aliphatic rings. The third kappa shape index (κ3) is 2.44. The minimum Gasteiger partial charge on any atom is -0.490 e. The predicted octanol–water partition coefficient (Wildman–Crippen LogP) is 2.12. The lowest BCUT2D eigenvalue weighted by Crippen LogP contribution is -2.02. The molecule has 2 aromatic rings. The fraction of sp³-hybridized carbons (Fsp3) is 0.167. The molecule has 5 heteroatoms. The molecule has 1 aromatic carbocycles. The summed E-state index contributed by atoms with van der Waals surface area (Å²) < 4.78 is 5.17. The molecule has 0 saturated carbocycles. The van der Waals surface area contributed by atoms with Gasteiger partial charge >= 0.3 is 0 Å². The summed E-state index contributed by atoms with van der Waals surface area (Å²) in [6, 6.07) is 7.95. The van der Waals surface area contributed by atoms with Gasteiger partial charge in [-0.2, -0.15) is 0 Å². The molecule has 17 heavy (non-hydrogen) atoms. The second-order valence-corrected chi connectivity index (χ2v) is 3.64. The quantitative estimate of drug-likeness (QED) is 0.844. The topological polar surface area (TPSA) is 73.1 Å². The van der Waals surface area contributed by atoms with Gasteiger partial charge in [-0.3, -0.25) is 0 Å². The van der Waals surface area contributed by atoms with Gasteiger partial charge in [-0.05, 0) is 24.6 Å². The summed E-state index contributed by atoms with van der Waals surface area (Å²) in [4.78, 5) is 7.98. The maximum Gasteiger partial charge on any atom is 0.204 e. The first-order chi connectivity index (χ1) is 8.20. The molecule has 0 radical (unpaired) electrons. The highest BCUT2D eigenvalue weighted by Gasteiger charge is 2.09. The number of nitrogens with one attached hydrogen (secondary N) is 1. The number of methoxy groups -OCH3 is 1. The highest BCUT2D eigenvalue weighted by atomic mass is 16.5. The van der Waals surface area contributed by atoms with Crippen LogP contribution in [0.1, 0.15) is 5.56 Å². The normalized spacial score (nSPS) is 10.0. The van der Waals surface area contributed by atoms with Gasteiger partial charge in [0.2, 0.25) is 5.75 Å². The lowest BCUT2D eigenvalue weighted by Gasteiger charge is -2.11. The number of rotatable bonds is 3. The molecule has 0 unspecified atom stereocenters. The zero-order valence-electron chi connectivity index (χ0n) is 9.77. The van der Waals surface area contributed by atoms with E-state index in [2.05, 4.69) is 15.3 Å². The maximum absolute atomic E-state index is 5.70. The standard InChI is InChI=1S/C12H14N4O/c1-8-4-3-5-9(6-8)16-12-10(17-2)11(13)14-7-15-12/h3-7H,1-2H3,(H3,13,14,15,16). The van der Waals surface area contributed by atoms with Crippen molar-refractivity contribution < 1.29 is 4.74 Å². The van der Waals surface area contributed by atoms with Crippen molar-refractivity contribution in [3.8, 4) is 5.75 Å². The van der Waals surface area contributed by atoms with Gasteiger partial charge in [0.05, 0.1) is 7.11 Å². The van der Waals surface area contributed by atoms with E-state index in [1.54, 1.807) is 0 Å². The first-order valence-electron chi connectivity index (χ1n) is 5.19. The van der Waals surface area contributed by atoms with Crippen molar-refractivity contribution in [1.29, 1.82) is 0 Å². The Kier molecular flexibility index (Phi) is 3.09. The summed E-state index contributed by atoms with van der Waals surface area (Å²) in [5, 5.41) is 3.15. The van der Waals surface area contributed by atoms with Crippen LogP contribution < -0.4 is 15.8 Å². The van der Waals surface area contributed by atoms with Crippen LogP contribution >= 0.6 is 0 Å². The summed E-state index contributed by atoms with van der Waals surface area (Å²) in [5.41, 5.74) is 7.79. The zero-order chi connectivity index (χ0) is 12.3. The molecule has 0 saturated heterocycles. The number of nitrogen functional groups attached to an aromatic ring is 1. The monoisotopic (exact) mass is 230 g/mol. The number of nitrogens with zero attached hydrogens (tertiary/aromatic N) is 2. The molecular formula is C12H14N4O. The predicted molar refractivity (Wildman–Crippen MR) is 67.5 cm³/mol. The van der Waals surface area contributed by atoms with Gasteiger partial charge < -0.3 is 15.8 Å². The van der Waals surface area contributed by atoms with Crippen LogP contribution in [-0.4, -0.2) is 17.1 Å². The third-order valence-corrected chi connectivity index (χ3v) is 2.32. The molecule has 0 aliphatic heterocycles. The Bertz CT molecular complexity index is 528. The number of hydrogen-bond donors (Lipinski definition) is 2. The van der Waals surface area contributed by atoms with Gasteiger partial charge in [0.1, 0.15) is 6.33 Å². The van der Waals surface area contributed by atoms with Gasteiger partial charge in [-0.15, -0.1) is 0 Å². The second-order valence-electron chi connectivity index (χ2n) is 3.64. The molecule has 0 atom stereocenters. The molecule has 0 bridgehead atoms. The van der Waals surface area contributed by atoms with Crippen molar-refractivity contribution in [3.63, 3.8) is 0 Å². The van der Waals surface area contributed by atoms with E-state index < -0.39 is 0 Å².